The van der Waals surface area contributed by atoms with Gasteiger partial charge in [0.15, 0.2) is 11.5 Å². The third kappa shape index (κ3) is 6.39. The van der Waals surface area contributed by atoms with Crippen LogP contribution in [0.3, 0.4) is 0 Å². The third-order valence-corrected chi connectivity index (χ3v) is 5.31. The Morgan fingerprint density at radius 1 is 0.969 bits per heavy atom. The van der Waals surface area contributed by atoms with E-state index >= 15 is 0 Å². The smallest absolute Gasteiger partial charge is 0.320 e. The molecule has 1 aliphatic heterocycles. The summed E-state index contributed by atoms with van der Waals surface area (Å²) in [5, 5.41) is 2.92. The van der Waals surface area contributed by atoms with Gasteiger partial charge < -0.3 is 24.6 Å². The zero-order valence-electron chi connectivity index (χ0n) is 19.2. The lowest BCUT2D eigenvalue weighted by Crippen LogP contribution is -2.40. The molecule has 32 heavy (non-hydrogen) atoms. The monoisotopic (exact) mass is 439 g/mol. The van der Waals surface area contributed by atoms with Crippen molar-refractivity contribution in [2.45, 2.75) is 33.7 Å². The summed E-state index contributed by atoms with van der Waals surface area (Å²) in [5.74, 6) is 1.30. The number of rotatable bonds is 11. The molecule has 1 fully saturated rings. The van der Waals surface area contributed by atoms with Crippen LogP contribution in [0.5, 0.6) is 11.5 Å². The number of carbonyl (C=O) groups excluding carboxylic acids is 2. The molecule has 0 aromatic heterocycles. The lowest BCUT2D eigenvalue weighted by atomic mass is 10.1. The van der Waals surface area contributed by atoms with E-state index in [1.54, 1.807) is 9.80 Å². The van der Waals surface area contributed by atoms with Crippen LogP contribution < -0.4 is 14.8 Å². The number of aryl methyl sites for hydroxylation is 1. The number of benzene rings is 2. The Balaban J connectivity index is 1.45. The van der Waals surface area contributed by atoms with Crippen LogP contribution in [-0.4, -0.2) is 61.1 Å². The van der Waals surface area contributed by atoms with Gasteiger partial charge in [-0.1, -0.05) is 35.9 Å². The molecule has 0 atom stereocenters. The first kappa shape index (κ1) is 23.4. The van der Waals surface area contributed by atoms with Gasteiger partial charge in [-0.2, -0.15) is 0 Å². The molecule has 0 bridgehead atoms. The lowest BCUT2D eigenvalue weighted by molar-refractivity contribution is -0.121. The van der Waals surface area contributed by atoms with E-state index in [0.29, 0.717) is 45.8 Å². The fourth-order valence-corrected chi connectivity index (χ4v) is 3.78. The molecule has 2 aromatic carbocycles. The summed E-state index contributed by atoms with van der Waals surface area (Å²) in [7, 11) is 0. The SMILES string of the molecule is CCOc1ccc(CCNC(=O)CN2CCN(Cc3cccc(C)c3)C2=O)cc1OCC. The van der Waals surface area contributed by atoms with Gasteiger partial charge in [-0.15, -0.1) is 0 Å². The summed E-state index contributed by atoms with van der Waals surface area (Å²) in [6.07, 6.45) is 0.672. The maximum absolute atomic E-state index is 12.7. The zero-order valence-corrected chi connectivity index (χ0v) is 19.2. The predicted molar refractivity (Wildman–Crippen MR) is 124 cm³/mol. The van der Waals surface area contributed by atoms with E-state index in [4.69, 9.17) is 9.47 Å². The Morgan fingerprint density at radius 3 is 2.47 bits per heavy atom. The summed E-state index contributed by atoms with van der Waals surface area (Å²) in [6.45, 7) is 9.38. The lowest BCUT2D eigenvalue weighted by Gasteiger charge is -2.18. The second kappa shape index (κ2) is 11.4. The summed E-state index contributed by atoms with van der Waals surface area (Å²) in [6, 6.07) is 13.9. The second-order valence-corrected chi connectivity index (χ2v) is 7.86. The van der Waals surface area contributed by atoms with Crippen molar-refractivity contribution in [2.24, 2.45) is 0 Å². The highest BCUT2D eigenvalue weighted by molar-refractivity contribution is 5.85. The fourth-order valence-electron chi connectivity index (χ4n) is 3.78. The Morgan fingerprint density at radius 2 is 1.72 bits per heavy atom. The van der Waals surface area contributed by atoms with Crippen molar-refractivity contribution in [3.63, 3.8) is 0 Å². The van der Waals surface area contributed by atoms with Gasteiger partial charge >= 0.3 is 6.03 Å². The van der Waals surface area contributed by atoms with Crippen LogP contribution in [0.4, 0.5) is 4.79 Å². The van der Waals surface area contributed by atoms with Gasteiger partial charge in [0, 0.05) is 26.2 Å². The van der Waals surface area contributed by atoms with Gasteiger partial charge in [-0.3, -0.25) is 4.79 Å². The van der Waals surface area contributed by atoms with E-state index in [0.717, 1.165) is 22.6 Å². The molecule has 3 amide bonds. The molecule has 1 saturated heterocycles. The number of hydrogen-bond donors (Lipinski definition) is 1. The van der Waals surface area contributed by atoms with Gasteiger partial charge in [0.1, 0.15) is 6.54 Å². The molecule has 0 spiro atoms. The molecule has 7 nitrogen and oxygen atoms in total. The number of carbonyl (C=O) groups is 2. The van der Waals surface area contributed by atoms with Gasteiger partial charge in [-0.25, -0.2) is 4.79 Å². The highest BCUT2D eigenvalue weighted by Gasteiger charge is 2.29. The first-order valence-corrected chi connectivity index (χ1v) is 11.2. The summed E-state index contributed by atoms with van der Waals surface area (Å²) in [4.78, 5) is 28.4. The average Bonchev–Trinajstić information content (AvgIpc) is 3.09. The summed E-state index contributed by atoms with van der Waals surface area (Å²) >= 11 is 0. The Bertz CT molecular complexity index is 931. The molecule has 1 aliphatic rings. The van der Waals surface area contributed by atoms with Crippen LogP contribution in [0.2, 0.25) is 0 Å². The van der Waals surface area contributed by atoms with Crippen molar-refractivity contribution < 1.29 is 19.1 Å². The fraction of sp³-hybridized carbons (Fsp3) is 0.440. The van der Waals surface area contributed by atoms with Gasteiger partial charge in [-0.05, 0) is 50.5 Å². The van der Waals surface area contributed by atoms with Crippen LogP contribution in [0.1, 0.15) is 30.5 Å². The number of ether oxygens (including phenoxy) is 2. The highest BCUT2D eigenvalue weighted by Crippen LogP contribution is 2.28. The molecule has 1 heterocycles. The van der Waals surface area contributed by atoms with E-state index in [2.05, 4.69) is 11.4 Å². The third-order valence-electron chi connectivity index (χ3n) is 5.31. The van der Waals surface area contributed by atoms with Gasteiger partial charge in [0.25, 0.3) is 0 Å². The number of amides is 3. The largest absolute Gasteiger partial charge is 0.490 e. The Hall–Kier alpha value is -3.22. The molecule has 2 aromatic rings. The molecule has 172 valence electrons. The van der Waals surface area contributed by atoms with Crippen LogP contribution in [0.25, 0.3) is 0 Å². The molecule has 3 rings (SSSR count). The topological polar surface area (TPSA) is 71.1 Å². The van der Waals surface area contributed by atoms with Gasteiger partial charge in [0.05, 0.1) is 13.2 Å². The Kier molecular flexibility index (Phi) is 8.36. The van der Waals surface area contributed by atoms with Crippen molar-refractivity contribution in [2.75, 3.05) is 39.4 Å². The molecule has 0 unspecified atom stereocenters. The minimum Gasteiger partial charge on any atom is -0.490 e. The first-order chi connectivity index (χ1) is 15.5. The van der Waals surface area contributed by atoms with E-state index in [9.17, 15) is 9.59 Å². The van der Waals surface area contributed by atoms with Crippen LogP contribution in [-0.2, 0) is 17.8 Å². The van der Waals surface area contributed by atoms with Crippen LogP contribution in [0.15, 0.2) is 42.5 Å². The molecular formula is C25H33N3O4. The minimum absolute atomic E-state index is 0.0800. The second-order valence-electron chi connectivity index (χ2n) is 7.86. The quantitative estimate of drug-likeness (QED) is 0.583. The number of urea groups is 1. The minimum atomic E-state index is -0.147. The first-order valence-electron chi connectivity index (χ1n) is 11.2. The molecule has 7 heteroatoms. The predicted octanol–water partition coefficient (Wildman–Crippen LogP) is 3.39. The average molecular weight is 440 g/mol. The van der Waals surface area contributed by atoms with Crippen LogP contribution >= 0.6 is 0 Å². The number of nitrogens with one attached hydrogen (secondary N) is 1. The van der Waals surface area contributed by atoms with Crippen LogP contribution in [0, 0.1) is 6.92 Å². The van der Waals surface area contributed by atoms with Gasteiger partial charge in [0.2, 0.25) is 5.91 Å². The van der Waals surface area contributed by atoms with Crippen molar-refractivity contribution in [1.29, 1.82) is 0 Å². The normalized spacial score (nSPS) is 13.4. The molecule has 0 aliphatic carbocycles. The Labute approximate surface area is 190 Å². The van der Waals surface area contributed by atoms with Crippen molar-refractivity contribution in [3.05, 3.63) is 59.2 Å². The molecule has 0 saturated carbocycles. The van der Waals surface area contributed by atoms with E-state index < -0.39 is 0 Å². The standard InChI is InChI=1S/C25H33N3O4/c1-4-31-22-10-9-20(16-23(22)32-5-2)11-12-26-24(29)18-28-14-13-27(25(28)30)17-21-8-6-7-19(3)15-21/h6-10,15-16H,4-5,11-14,17-18H2,1-3H3,(H,26,29). The number of hydrogen-bond acceptors (Lipinski definition) is 4. The molecule has 0 radical (unpaired) electrons. The summed E-state index contributed by atoms with van der Waals surface area (Å²) < 4.78 is 11.2. The number of nitrogens with zero attached hydrogens (tertiary/aromatic N) is 2. The highest BCUT2D eigenvalue weighted by atomic mass is 16.5. The zero-order chi connectivity index (χ0) is 22.9. The van der Waals surface area contributed by atoms with E-state index in [-0.39, 0.29) is 18.5 Å². The molecular weight excluding hydrogens is 406 g/mol. The van der Waals surface area contributed by atoms with Crippen molar-refractivity contribution >= 4 is 11.9 Å². The maximum Gasteiger partial charge on any atom is 0.320 e. The summed E-state index contributed by atoms with van der Waals surface area (Å²) in [5.41, 5.74) is 3.33. The van der Waals surface area contributed by atoms with E-state index in [1.165, 1.54) is 5.56 Å². The van der Waals surface area contributed by atoms with E-state index in [1.807, 2.05) is 57.2 Å². The van der Waals surface area contributed by atoms with Crippen molar-refractivity contribution in [1.82, 2.24) is 15.1 Å². The maximum atomic E-state index is 12.7. The van der Waals surface area contributed by atoms with Crippen molar-refractivity contribution in [3.8, 4) is 11.5 Å². The molecule has 1 N–H and O–H groups in total.